The van der Waals surface area contributed by atoms with E-state index >= 15 is 0 Å². The van der Waals surface area contributed by atoms with Crippen LogP contribution in [0.5, 0.6) is 0 Å². The van der Waals surface area contributed by atoms with Crippen LogP contribution in [0.3, 0.4) is 0 Å². The van der Waals surface area contributed by atoms with Crippen LogP contribution in [-0.2, 0) is 0 Å². The summed E-state index contributed by atoms with van der Waals surface area (Å²) in [5.74, 6) is 0.0209. The van der Waals surface area contributed by atoms with Crippen LogP contribution in [0.1, 0.15) is 29.6 Å². The van der Waals surface area contributed by atoms with Crippen LogP contribution >= 0.6 is 27.5 Å². The summed E-state index contributed by atoms with van der Waals surface area (Å²) < 4.78 is 0.808. The van der Waals surface area contributed by atoms with Crippen molar-refractivity contribution in [1.29, 1.82) is 0 Å². The van der Waals surface area contributed by atoms with Gasteiger partial charge in [-0.1, -0.05) is 11.6 Å². The number of amides is 1. The molecule has 0 aromatic heterocycles. The molecule has 1 aliphatic rings. The number of nitrogens with zero attached hydrogens (tertiary/aromatic N) is 2. The molecule has 1 fully saturated rings. The fourth-order valence-electron chi connectivity index (χ4n) is 2.69. The van der Waals surface area contributed by atoms with Gasteiger partial charge in [-0.2, -0.15) is 0 Å². The minimum absolute atomic E-state index is 0.0209. The van der Waals surface area contributed by atoms with E-state index in [1.807, 2.05) is 13.1 Å². The van der Waals surface area contributed by atoms with Gasteiger partial charge in [0.05, 0.1) is 5.02 Å². The van der Waals surface area contributed by atoms with E-state index in [4.69, 9.17) is 11.6 Å². The molecule has 110 valence electrons. The summed E-state index contributed by atoms with van der Waals surface area (Å²) in [5.41, 5.74) is 0.776. The highest BCUT2D eigenvalue weighted by atomic mass is 79.9. The van der Waals surface area contributed by atoms with E-state index in [2.05, 4.69) is 34.9 Å². The monoisotopic (exact) mass is 358 g/mol. The van der Waals surface area contributed by atoms with E-state index in [1.54, 1.807) is 17.0 Å². The van der Waals surface area contributed by atoms with Crippen molar-refractivity contribution in [2.75, 3.05) is 27.7 Å². The molecule has 0 heterocycles. The van der Waals surface area contributed by atoms with E-state index in [1.165, 1.54) is 6.42 Å². The number of hydrogen-bond donors (Lipinski definition) is 0. The van der Waals surface area contributed by atoms with Gasteiger partial charge in [-0.3, -0.25) is 4.79 Å². The SMILES string of the molecule is CN(CC1(N(C)C)CCC1)C(=O)c1ccc(Br)c(Cl)c1. The molecule has 0 bridgehead atoms. The number of rotatable bonds is 4. The quantitative estimate of drug-likeness (QED) is 0.819. The molecule has 1 aliphatic carbocycles. The molecule has 3 nitrogen and oxygen atoms in total. The molecule has 0 spiro atoms. The number of carbonyl (C=O) groups excluding carboxylic acids is 1. The molecule has 1 aromatic rings. The van der Waals surface area contributed by atoms with E-state index in [-0.39, 0.29) is 11.4 Å². The van der Waals surface area contributed by atoms with Crippen LogP contribution in [0.25, 0.3) is 0 Å². The van der Waals surface area contributed by atoms with Crippen molar-refractivity contribution in [3.63, 3.8) is 0 Å². The van der Waals surface area contributed by atoms with E-state index in [0.717, 1.165) is 23.9 Å². The van der Waals surface area contributed by atoms with Gasteiger partial charge < -0.3 is 9.80 Å². The van der Waals surface area contributed by atoms with Crippen LogP contribution in [-0.4, -0.2) is 48.9 Å². The van der Waals surface area contributed by atoms with Crippen LogP contribution in [0.4, 0.5) is 0 Å². The van der Waals surface area contributed by atoms with Gasteiger partial charge in [0.2, 0.25) is 0 Å². The molecule has 2 rings (SSSR count). The maximum absolute atomic E-state index is 12.5. The van der Waals surface area contributed by atoms with Crippen molar-refractivity contribution in [2.45, 2.75) is 24.8 Å². The normalized spacial score (nSPS) is 16.9. The van der Waals surface area contributed by atoms with Gasteiger partial charge in [-0.25, -0.2) is 0 Å². The summed E-state index contributed by atoms with van der Waals surface area (Å²) >= 11 is 9.40. The van der Waals surface area contributed by atoms with E-state index < -0.39 is 0 Å². The van der Waals surface area contributed by atoms with Crippen molar-refractivity contribution in [1.82, 2.24) is 9.80 Å². The molecular formula is C15H20BrClN2O. The second-order valence-electron chi connectivity index (χ2n) is 5.76. The Bertz CT molecular complexity index is 515. The first-order chi connectivity index (χ1) is 9.35. The lowest BCUT2D eigenvalue weighted by Crippen LogP contribution is -2.57. The molecule has 0 radical (unpaired) electrons. The molecule has 1 amide bonds. The fraction of sp³-hybridized carbons (Fsp3) is 0.533. The maximum Gasteiger partial charge on any atom is 0.253 e. The van der Waals surface area contributed by atoms with Gasteiger partial charge in [0.25, 0.3) is 5.91 Å². The Morgan fingerprint density at radius 2 is 2.00 bits per heavy atom. The van der Waals surface area contributed by atoms with Gasteiger partial charge in [0, 0.05) is 29.2 Å². The zero-order valence-electron chi connectivity index (χ0n) is 12.1. The molecule has 20 heavy (non-hydrogen) atoms. The highest BCUT2D eigenvalue weighted by Gasteiger charge is 2.40. The predicted octanol–water partition coefficient (Wildman–Crippen LogP) is 3.66. The Balaban J connectivity index is 2.10. The standard InChI is InChI=1S/C15H20BrClN2O/c1-18(2)15(7-4-8-15)10-19(3)14(20)11-5-6-12(16)13(17)9-11/h5-6,9H,4,7-8,10H2,1-3H3. The Morgan fingerprint density at radius 1 is 1.35 bits per heavy atom. The maximum atomic E-state index is 12.5. The van der Waals surface area contributed by atoms with Crippen molar-refractivity contribution in [2.24, 2.45) is 0 Å². The summed E-state index contributed by atoms with van der Waals surface area (Å²) in [4.78, 5) is 16.5. The Morgan fingerprint density at radius 3 is 2.45 bits per heavy atom. The molecule has 0 unspecified atom stereocenters. The highest BCUT2D eigenvalue weighted by Crippen LogP contribution is 2.37. The summed E-state index contributed by atoms with van der Waals surface area (Å²) in [5, 5.41) is 0.565. The lowest BCUT2D eigenvalue weighted by atomic mass is 9.75. The average molecular weight is 360 g/mol. The first-order valence-electron chi connectivity index (χ1n) is 6.74. The number of benzene rings is 1. The highest BCUT2D eigenvalue weighted by molar-refractivity contribution is 9.10. The summed E-state index contributed by atoms with van der Waals surface area (Å²) in [6.45, 7) is 0.756. The van der Waals surface area contributed by atoms with Gasteiger partial charge in [-0.15, -0.1) is 0 Å². The Kier molecular flexibility index (Phi) is 4.77. The van der Waals surface area contributed by atoms with Gasteiger partial charge >= 0.3 is 0 Å². The molecule has 0 atom stereocenters. The minimum Gasteiger partial charge on any atom is -0.340 e. The number of hydrogen-bond acceptors (Lipinski definition) is 2. The largest absolute Gasteiger partial charge is 0.340 e. The zero-order chi connectivity index (χ0) is 14.9. The smallest absolute Gasteiger partial charge is 0.253 e. The van der Waals surface area contributed by atoms with Crippen LogP contribution < -0.4 is 0 Å². The number of halogens is 2. The minimum atomic E-state index is 0.0209. The van der Waals surface area contributed by atoms with E-state index in [9.17, 15) is 4.79 Å². The average Bonchev–Trinajstić information content (AvgIpc) is 2.35. The third-order valence-electron chi connectivity index (χ3n) is 4.28. The molecule has 5 heteroatoms. The zero-order valence-corrected chi connectivity index (χ0v) is 14.5. The number of carbonyl (C=O) groups is 1. The van der Waals surface area contributed by atoms with Crippen LogP contribution in [0, 0.1) is 0 Å². The molecule has 0 N–H and O–H groups in total. The second-order valence-corrected chi connectivity index (χ2v) is 7.02. The second kappa shape index (κ2) is 6.04. The lowest BCUT2D eigenvalue weighted by molar-refractivity contribution is 0.0252. The first-order valence-corrected chi connectivity index (χ1v) is 7.91. The number of likely N-dealkylation sites (N-methyl/N-ethyl adjacent to an activating group) is 2. The third-order valence-corrected chi connectivity index (χ3v) is 5.51. The molecule has 0 aliphatic heterocycles. The van der Waals surface area contributed by atoms with E-state index in [0.29, 0.717) is 10.6 Å². The molecule has 0 saturated heterocycles. The van der Waals surface area contributed by atoms with Crippen LogP contribution in [0.15, 0.2) is 22.7 Å². The topological polar surface area (TPSA) is 23.6 Å². The van der Waals surface area contributed by atoms with Gasteiger partial charge in [0.1, 0.15) is 0 Å². The van der Waals surface area contributed by atoms with Crippen molar-refractivity contribution in [3.05, 3.63) is 33.3 Å². The third kappa shape index (κ3) is 3.02. The van der Waals surface area contributed by atoms with Crippen LogP contribution in [0.2, 0.25) is 5.02 Å². The summed E-state index contributed by atoms with van der Waals surface area (Å²) in [7, 11) is 6.05. The lowest BCUT2D eigenvalue weighted by Gasteiger charge is -2.49. The molecule has 1 aromatic carbocycles. The summed E-state index contributed by atoms with van der Waals surface area (Å²) in [6.07, 6.45) is 3.54. The Hall–Kier alpha value is -0.580. The van der Waals surface area contributed by atoms with Crippen molar-refractivity contribution < 1.29 is 4.79 Å². The van der Waals surface area contributed by atoms with Gasteiger partial charge in [-0.05, 0) is 67.5 Å². The van der Waals surface area contributed by atoms with Crippen molar-refractivity contribution >= 4 is 33.4 Å². The van der Waals surface area contributed by atoms with Gasteiger partial charge in [0.15, 0.2) is 0 Å². The Labute approximate surface area is 134 Å². The fourth-order valence-corrected chi connectivity index (χ4v) is 3.12. The molecular weight excluding hydrogens is 340 g/mol. The first kappa shape index (κ1) is 15.8. The molecule has 1 saturated carbocycles. The van der Waals surface area contributed by atoms with Crippen molar-refractivity contribution in [3.8, 4) is 0 Å². The summed E-state index contributed by atoms with van der Waals surface area (Å²) in [6, 6.07) is 5.33. The predicted molar refractivity (Wildman–Crippen MR) is 86.4 cm³/mol.